The molecule has 1 aliphatic carbocycles. The molecule has 5 rings (SSSR count). The molecular formula is C25H29N5O. The predicted molar refractivity (Wildman–Crippen MR) is 120 cm³/mol. The van der Waals surface area contributed by atoms with E-state index >= 15 is 0 Å². The van der Waals surface area contributed by atoms with E-state index in [2.05, 4.69) is 69.1 Å². The summed E-state index contributed by atoms with van der Waals surface area (Å²) in [6, 6.07) is 17.3. The van der Waals surface area contributed by atoms with Crippen LogP contribution >= 0.6 is 0 Å². The zero-order valence-electron chi connectivity index (χ0n) is 18.1. The highest BCUT2D eigenvalue weighted by molar-refractivity contribution is 5.93. The Morgan fingerprint density at radius 3 is 2.71 bits per heavy atom. The van der Waals surface area contributed by atoms with Gasteiger partial charge in [0, 0.05) is 25.7 Å². The quantitative estimate of drug-likeness (QED) is 0.688. The van der Waals surface area contributed by atoms with Crippen LogP contribution in [0.3, 0.4) is 0 Å². The molecule has 2 aromatic carbocycles. The third kappa shape index (κ3) is 4.12. The summed E-state index contributed by atoms with van der Waals surface area (Å²) in [7, 11) is 0. The molecule has 3 aromatic rings. The van der Waals surface area contributed by atoms with Gasteiger partial charge in [0.1, 0.15) is 0 Å². The van der Waals surface area contributed by atoms with Crippen molar-refractivity contribution in [1.82, 2.24) is 25.2 Å². The molecule has 2 aliphatic rings. The number of hydrogen-bond acceptors (Lipinski definition) is 4. The monoisotopic (exact) mass is 415 g/mol. The van der Waals surface area contributed by atoms with E-state index in [1.54, 1.807) is 0 Å². The van der Waals surface area contributed by atoms with E-state index in [0.29, 0.717) is 5.69 Å². The van der Waals surface area contributed by atoms with Gasteiger partial charge in [-0.25, -0.2) is 4.68 Å². The van der Waals surface area contributed by atoms with Gasteiger partial charge >= 0.3 is 0 Å². The molecule has 1 saturated carbocycles. The van der Waals surface area contributed by atoms with Gasteiger partial charge in [-0.3, -0.25) is 9.69 Å². The van der Waals surface area contributed by atoms with Crippen LogP contribution in [0.2, 0.25) is 0 Å². The van der Waals surface area contributed by atoms with Crippen LogP contribution < -0.4 is 5.32 Å². The molecule has 0 saturated heterocycles. The van der Waals surface area contributed by atoms with Crippen LogP contribution in [0.1, 0.15) is 58.6 Å². The summed E-state index contributed by atoms with van der Waals surface area (Å²) < 4.78 is 1.84. The maximum atomic E-state index is 12.7. The van der Waals surface area contributed by atoms with Gasteiger partial charge in [0.15, 0.2) is 5.69 Å². The first-order valence-corrected chi connectivity index (χ1v) is 11.3. The molecule has 0 radical (unpaired) electrons. The van der Waals surface area contributed by atoms with Crippen LogP contribution in [0, 0.1) is 6.92 Å². The van der Waals surface area contributed by atoms with Crippen molar-refractivity contribution in [3.05, 3.63) is 76.6 Å². The standard InChI is InChI=1S/C25H29N5O/c1-18-24(25(31)26-21-11-5-6-12-21)27-28-30(18)23-13-7-10-20-17-29(15-14-22(20)23)16-19-8-3-2-4-9-19/h2-4,7-10,13,21H,5-6,11-12,14-17H2,1H3,(H,26,31). The molecule has 0 unspecified atom stereocenters. The molecule has 6 heteroatoms. The number of aromatic nitrogens is 3. The third-order valence-electron chi connectivity index (χ3n) is 6.60. The van der Waals surface area contributed by atoms with E-state index in [9.17, 15) is 4.79 Å². The zero-order chi connectivity index (χ0) is 21.2. The lowest BCUT2D eigenvalue weighted by Gasteiger charge is -2.30. The van der Waals surface area contributed by atoms with Gasteiger partial charge in [-0.15, -0.1) is 5.10 Å². The van der Waals surface area contributed by atoms with Crippen LogP contribution in [-0.2, 0) is 19.5 Å². The Labute approximate surface area is 183 Å². The predicted octanol–water partition coefficient (Wildman–Crippen LogP) is 3.81. The number of carbonyl (C=O) groups is 1. The lowest BCUT2D eigenvalue weighted by atomic mass is 9.97. The average Bonchev–Trinajstić information content (AvgIpc) is 3.43. The summed E-state index contributed by atoms with van der Waals surface area (Å²) in [4.78, 5) is 15.2. The molecule has 1 aliphatic heterocycles. The van der Waals surface area contributed by atoms with Crippen molar-refractivity contribution in [3.8, 4) is 5.69 Å². The van der Waals surface area contributed by atoms with Crippen LogP contribution in [0.5, 0.6) is 0 Å². The summed E-state index contributed by atoms with van der Waals surface area (Å²) >= 11 is 0. The van der Waals surface area contributed by atoms with Crippen LogP contribution in [-0.4, -0.2) is 38.4 Å². The van der Waals surface area contributed by atoms with E-state index in [0.717, 1.165) is 50.3 Å². The van der Waals surface area contributed by atoms with Gasteiger partial charge < -0.3 is 5.32 Å². The van der Waals surface area contributed by atoms with E-state index in [1.807, 2.05) is 11.6 Å². The van der Waals surface area contributed by atoms with Gasteiger partial charge in [-0.1, -0.05) is 60.5 Å². The minimum absolute atomic E-state index is 0.102. The smallest absolute Gasteiger partial charge is 0.273 e. The Morgan fingerprint density at radius 2 is 1.90 bits per heavy atom. The maximum Gasteiger partial charge on any atom is 0.273 e. The molecule has 2 heterocycles. The van der Waals surface area contributed by atoms with E-state index in [4.69, 9.17) is 0 Å². The third-order valence-corrected chi connectivity index (χ3v) is 6.60. The molecule has 0 bridgehead atoms. The highest BCUT2D eigenvalue weighted by Gasteiger charge is 2.25. The topological polar surface area (TPSA) is 63.1 Å². The number of nitrogens with one attached hydrogen (secondary N) is 1. The van der Waals surface area contributed by atoms with E-state index < -0.39 is 0 Å². The van der Waals surface area contributed by atoms with E-state index in [1.165, 1.54) is 29.5 Å². The molecule has 1 amide bonds. The normalized spacial score (nSPS) is 16.9. The minimum Gasteiger partial charge on any atom is -0.348 e. The van der Waals surface area contributed by atoms with Crippen LogP contribution in [0.4, 0.5) is 0 Å². The second-order valence-corrected chi connectivity index (χ2v) is 8.75. The van der Waals surface area contributed by atoms with Crippen LogP contribution in [0.15, 0.2) is 48.5 Å². The number of rotatable bonds is 5. The van der Waals surface area contributed by atoms with Gasteiger partial charge in [-0.2, -0.15) is 0 Å². The van der Waals surface area contributed by atoms with E-state index in [-0.39, 0.29) is 11.9 Å². The Morgan fingerprint density at radius 1 is 1.10 bits per heavy atom. The highest BCUT2D eigenvalue weighted by atomic mass is 16.2. The number of fused-ring (bicyclic) bond motifs is 1. The van der Waals surface area contributed by atoms with Crippen molar-refractivity contribution in [2.45, 2.75) is 58.2 Å². The second-order valence-electron chi connectivity index (χ2n) is 8.75. The van der Waals surface area contributed by atoms with Crippen molar-refractivity contribution >= 4 is 5.91 Å². The fraction of sp³-hybridized carbons (Fsp3) is 0.400. The first-order valence-electron chi connectivity index (χ1n) is 11.3. The van der Waals surface area contributed by atoms with Crippen molar-refractivity contribution in [3.63, 3.8) is 0 Å². The molecule has 1 fully saturated rings. The van der Waals surface area contributed by atoms with Crippen molar-refractivity contribution < 1.29 is 4.79 Å². The average molecular weight is 416 g/mol. The Kier molecular flexibility index (Phi) is 5.55. The largest absolute Gasteiger partial charge is 0.348 e. The maximum absolute atomic E-state index is 12.7. The fourth-order valence-electron chi connectivity index (χ4n) is 4.91. The molecule has 1 aromatic heterocycles. The Hall–Kier alpha value is -2.99. The first kappa shape index (κ1) is 19.9. The summed E-state index contributed by atoms with van der Waals surface area (Å²) in [6.07, 6.45) is 5.46. The summed E-state index contributed by atoms with van der Waals surface area (Å²) in [5.74, 6) is -0.102. The van der Waals surface area contributed by atoms with Gasteiger partial charge in [0.05, 0.1) is 11.4 Å². The molecule has 31 heavy (non-hydrogen) atoms. The first-order chi connectivity index (χ1) is 15.2. The molecule has 0 spiro atoms. The zero-order valence-corrected chi connectivity index (χ0v) is 18.1. The molecular weight excluding hydrogens is 386 g/mol. The molecule has 6 nitrogen and oxygen atoms in total. The number of hydrogen-bond donors (Lipinski definition) is 1. The second kappa shape index (κ2) is 8.63. The number of amides is 1. The SMILES string of the molecule is Cc1c(C(=O)NC2CCCC2)nnn1-c1cccc2c1CCN(Cc1ccccc1)C2. The fourth-order valence-corrected chi connectivity index (χ4v) is 4.91. The Balaban J connectivity index is 1.36. The van der Waals surface area contributed by atoms with Gasteiger partial charge in [0.25, 0.3) is 5.91 Å². The summed E-state index contributed by atoms with van der Waals surface area (Å²) in [5, 5.41) is 11.7. The van der Waals surface area contributed by atoms with Gasteiger partial charge in [-0.05, 0) is 48.9 Å². The minimum atomic E-state index is -0.102. The lowest BCUT2D eigenvalue weighted by Crippen LogP contribution is -2.33. The van der Waals surface area contributed by atoms with Crippen LogP contribution in [0.25, 0.3) is 5.69 Å². The number of carbonyl (C=O) groups excluding carboxylic acids is 1. The van der Waals surface area contributed by atoms with Crippen molar-refractivity contribution in [2.75, 3.05) is 6.54 Å². The number of nitrogens with zero attached hydrogens (tertiary/aromatic N) is 4. The molecule has 0 atom stereocenters. The number of benzene rings is 2. The lowest BCUT2D eigenvalue weighted by molar-refractivity contribution is 0.0932. The summed E-state index contributed by atoms with van der Waals surface area (Å²) in [6.45, 7) is 4.81. The van der Waals surface area contributed by atoms with Crippen molar-refractivity contribution in [1.29, 1.82) is 0 Å². The highest BCUT2D eigenvalue weighted by Crippen LogP contribution is 2.27. The van der Waals surface area contributed by atoms with Gasteiger partial charge in [0.2, 0.25) is 0 Å². The molecule has 160 valence electrons. The molecule has 1 N–H and O–H groups in total. The van der Waals surface area contributed by atoms with Crippen molar-refractivity contribution in [2.24, 2.45) is 0 Å². The summed E-state index contributed by atoms with van der Waals surface area (Å²) in [5.41, 5.74) is 6.25. The Bertz CT molecular complexity index is 1070.